The van der Waals surface area contributed by atoms with Gasteiger partial charge < -0.3 is 10.1 Å². The van der Waals surface area contributed by atoms with Crippen molar-refractivity contribution in [1.82, 2.24) is 5.32 Å². The molecule has 0 spiro atoms. The number of halogens is 1. The molecule has 0 bridgehead atoms. The number of nitrogens with one attached hydrogen (secondary N) is 1. The van der Waals surface area contributed by atoms with Crippen molar-refractivity contribution >= 4 is 22.6 Å². The fourth-order valence-corrected chi connectivity index (χ4v) is 2.18. The minimum atomic E-state index is 0.679. The van der Waals surface area contributed by atoms with E-state index in [0.29, 0.717) is 5.92 Å². The van der Waals surface area contributed by atoms with Gasteiger partial charge in [0, 0.05) is 10.1 Å². The quantitative estimate of drug-likeness (QED) is 0.724. The third-order valence-corrected chi connectivity index (χ3v) is 3.57. The van der Waals surface area contributed by atoms with E-state index < -0.39 is 0 Å². The number of hydrogen-bond acceptors (Lipinski definition) is 2. The SMILES string of the molecule is CC(C)CNCc1ccc(Oc2ccc(I)cc2)cc1. The van der Waals surface area contributed by atoms with Crippen molar-refractivity contribution < 1.29 is 4.74 Å². The average molecular weight is 381 g/mol. The van der Waals surface area contributed by atoms with Gasteiger partial charge in [0.2, 0.25) is 0 Å². The van der Waals surface area contributed by atoms with Crippen LogP contribution in [0.15, 0.2) is 48.5 Å². The Labute approximate surface area is 134 Å². The van der Waals surface area contributed by atoms with E-state index in [1.54, 1.807) is 0 Å². The van der Waals surface area contributed by atoms with Crippen molar-refractivity contribution in [2.24, 2.45) is 5.92 Å². The van der Waals surface area contributed by atoms with Crippen LogP contribution in [0.3, 0.4) is 0 Å². The first-order valence-electron chi connectivity index (χ1n) is 6.86. The predicted molar refractivity (Wildman–Crippen MR) is 92.2 cm³/mol. The lowest BCUT2D eigenvalue weighted by Crippen LogP contribution is -2.18. The molecule has 106 valence electrons. The van der Waals surface area contributed by atoms with E-state index in [4.69, 9.17) is 4.74 Å². The van der Waals surface area contributed by atoms with Gasteiger partial charge in [0.25, 0.3) is 0 Å². The van der Waals surface area contributed by atoms with Gasteiger partial charge in [0.1, 0.15) is 11.5 Å². The summed E-state index contributed by atoms with van der Waals surface area (Å²) in [5.41, 5.74) is 1.28. The van der Waals surface area contributed by atoms with Gasteiger partial charge in [-0.1, -0.05) is 26.0 Å². The normalized spacial score (nSPS) is 10.8. The molecule has 0 radical (unpaired) electrons. The van der Waals surface area contributed by atoms with Crippen LogP contribution in [-0.4, -0.2) is 6.54 Å². The highest BCUT2D eigenvalue weighted by Crippen LogP contribution is 2.22. The Bertz CT molecular complexity index is 520. The molecule has 0 fully saturated rings. The van der Waals surface area contributed by atoms with E-state index >= 15 is 0 Å². The first-order valence-corrected chi connectivity index (χ1v) is 7.94. The van der Waals surface area contributed by atoms with Crippen LogP contribution in [0.4, 0.5) is 0 Å². The van der Waals surface area contributed by atoms with E-state index in [9.17, 15) is 0 Å². The van der Waals surface area contributed by atoms with Crippen LogP contribution in [0, 0.1) is 9.49 Å². The second-order valence-corrected chi connectivity index (χ2v) is 6.47. The molecule has 0 saturated carbocycles. The van der Waals surface area contributed by atoms with Crippen LogP contribution in [0.5, 0.6) is 11.5 Å². The van der Waals surface area contributed by atoms with Crippen molar-refractivity contribution in [3.8, 4) is 11.5 Å². The second-order valence-electron chi connectivity index (χ2n) is 5.22. The lowest BCUT2D eigenvalue weighted by molar-refractivity contribution is 0.482. The fourth-order valence-electron chi connectivity index (χ4n) is 1.82. The number of hydrogen-bond donors (Lipinski definition) is 1. The van der Waals surface area contributed by atoms with Gasteiger partial charge in [-0.3, -0.25) is 0 Å². The zero-order valence-corrected chi connectivity index (χ0v) is 14.1. The number of benzene rings is 2. The number of ether oxygens (including phenoxy) is 1. The highest BCUT2D eigenvalue weighted by molar-refractivity contribution is 14.1. The molecule has 2 nitrogen and oxygen atoms in total. The fraction of sp³-hybridized carbons (Fsp3) is 0.294. The molecule has 3 heteroatoms. The largest absolute Gasteiger partial charge is 0.457 e. The smallest absolute Gasteiger partial charge is 0.127 e. The average Bonchev–Trinajstić information content (AvgIpc) is 2.43. The van der Waals surface area contributed by atoms with Crippen molar-refractivity contribution in [3.05, 3.63) is 57.7 Å². The van der Waals surface area contributed by atoms with Crippen LogP contribution in [0.25, 0.3) is 0 Å². The molecule has 2 rings (SSSR count). The number of rotatable bonds is 6. The summed E-state index contributed by atoms with van der Waals surface area (Å²) in [6.07, 6.45) is 0. The summed E-state index contributed by atoms with van der Waals surface area (Å²) in [7, 11) is 0. The van der Waals surface area contributed by atoms with Gasteiger partial charge >= 0.3 is 0 Å². The van der Waals surface area contributed by atoms with Gasteiger partial charge in [-0.05, 0) is 77.0 Å². The van der Waals surface area contributed by atoms with Crippen LogP contribution in [0.2, 0.25) is 0 Å². The maximum absolute atomic E-state index is 5.81. The third kappa shape index (κ3) is 5.13. The van der Waals surface area contributed by atoms with Gasteiger partial charge in [-0.15, -0.1) is 0 Å². The summed E-state index contributed by atoms with van der Waals surface area (Å²) in [5, 5.41) is 3.43. The topological polar surface area (TPSA) is 21.3 Å². The van der Waals surface area contributed by atoms with E-state index in [2.05, 4.69) is 53.9 Å². The standard InChI is InChI=1S/C17H20INO/c1-13(2)11-19-12-14-3-7-16(8-4-14)20-17-9-5-15(18)6-10-17/h3-10,13,19H,11-12H2,1-2H3. The Morgan fingerprint density at radius 1 is 0.950 bits per heavy atom. The molecule has 0 atom stereocenters. The molecule has 0 aromatic heterocycles. The Balaban J connectivity index is 1.89. The zero-order chi connectivity index (χ0) is 14.4. The van der Waals surface area contributed by atoms with Crippen molar-refractivity contribution in [1.29, 1.82) is 0 Å². The molecule has 1 N–H and O–H groups in total. The van der Waals surface area contributed by atoms with Gasteiger partial charge in [0.05, 0.1) is 0 Å². The monoisotopic (exact) mass is 381 g/mol. The van der Waals surface area contributed by atoms with Crippen LogP contribution in [0.1, 0.15) is 19.4 Å². The zero-order valence-electron chi connectivity index (χ0n) is 11.9. The molecule has 0 amide bonds. The van der Waals surface area contributed by atoms with Crippen molar-refractivity contribution in [2.75, 3.05) is 6.54 Å². The van der Waals surface area contributed by atoms with Gasteiger partial charge in [0.15, 0.2) is 0 Å². The first-order chi connectivity index (χ1) is 9.63. The highest BCUT2D eigenvalue weighted by Gasteiger charge is 1.99. The molecular formula is C17H20INO. The van der Waals surface area contributed by atoms with E-state index in [1.165, 1.54) is 9.13 Å². The molecule has 0 aliphatic heterocycles. The maximum atomic E-state index is 5.81. The van der Waals surface area contributed by atoms with Crippen molar-refractivity contribution in [2.45, 2.75) is 20.4 Å². The highest BCUT2D eigenvalue weighted by atomic mass is 127. The van der Waals surface area contributed by atoms with Gasteiger partial charge in [-0.2, -0.15) is 0 Å². The Morgan fingerprint density at radius 3 is 2.05 bits per heavy atom. The van der Waals surface area contributed by atoms with Crippen molar-refractivity contribution in [3.63, 3.8) is 0 Å². The van der Waals surface area contributed by atoms with Gasteiger partial charge in [-0.25, -0.2) is 0 Å². The van der Waals surface area contributed by atoms with E-state index in [1.807, 2.05) is 36.4 Å². The lowest BCUT2D eigenvalue weighted by Gasteiger charge is -2.09. The lowest BCUT2D eigenvalue weighted by atomic mass is 10.2. The van der Waals surface area contributed by atoms with Crippen LogP contribution < -0.4 is 10.1 Å². The third-order valence-electron chi connectivity index (χ3n) is 2.85. The summed E-state index contributed by atoms with van der Waals surface area (Å²) in [6, 6.07) is 16.3. The Kier molecular flexibility index (Phi) is 5.86. The predicted octanol–water partition coefficient (Wildman–Crippen LogP) is 4.83. The summed E-state index contributed by atoms with van der Waals surface area (Å²) >= 11 is 2.29. The second kappa shape index (κ2) is 7.64. The van der Waals surface area contributed by atoms with Crippen LogP contribution in [-0.2, 0) is 6.54 Å². The molecule has 2 aromatic carbocycles. The molecular weight excluding hydrogens is 361 g/mol. The molecule has 2 aromatic rings. The molecule has 20 heavy (non-hydrogen) atoms. The molecule has 0 saturated heterocycles. The summed E-state index contributed by atoms with van der Waals surface area (Å²) in [4.78, 5) is 0. The first kappa shape index (κ1) is 15.3. The Hall–Kier alpha value is -1.07. The minimum Gasteiger partial charge on any atom is -0.457 e. The minimum absolute atomic E-state index is 0.679. The van der Waals surface area contributed by atoms with Crippen LogP contribution >= 0.6 is 22.6 Å². The molecule has 0 aliphatic rings. The molecule has 0 unspecified atom stereocenters. The Morgan fingerprint density at radius 2 is 1.50 bits per heavy atom. The summed E-state index contributed by atoms with van der Waals surface area (Å²) in [5.74, 6) is 2.42. The van der Waals surface area contributed by atoms with E-state index in [-0.39, 0.29) is 0 Å². The maximum Gasteiger partial charge on any atom is 0.127 e. The molecule has 0 heterocycles. The van der Waals surface area contributed by atoms with E-state index in [0.717, 1.165) is 24.6 Å². The molecule has 0 aliphatic carbocycles. The summed E-state index contributed by atoms with van der Waals surface area (Å²) < 4.78 is 7.02. The summed E-state index contributed by atoms with van der Waals surface area (Å²) in [6.45, 7) is 6.37.